The lowest BCUT2D eigenvalue weighted by molar-refractivity contribution is 0.0436. The first kappa shape index (κ1) is 18.9. The largest absolute Gasteiger partial charge is 0.491 e. The van der Waals surface area contributed by atoms with Gasteiger partial charge in [-0.15, -0.1) is 0 Å². The second kappa shape index (κ2) is 7.89. The molecule has 2 saturated heterocycles. The molecule has 0 bridgehead atoms. The third kappa shape index (κ3) is 3.62. The molecule has 0 saturated carbocycles. The number of aryl methyl sites for hydroxylation is 1. The number of rotatable bonds is 6. The molecule has 148 valence electrons. The molecular weight excluding hydrogens is 374 g/mol. The van der Waals surface area contributed by atoms with Crippen molar-refractivity contribution in [1.29, 1.82) is 5.26 Å². The molecule has 2 aliphatic heterocycles. The van der Waals surface area contributed by atoms with E-state index in [1.165, 1.54) is 30.8 Å². The molecule has 1 N–H and O–H groups in total. The molecule has 0 unspecified atom stereocenters. The maximum Gasteiger partial charge on any atom is 0.230 e. The molecule has 2 aliphatic rings. The number of anilines is 3. The molecule has 0 radical (unpaired) electrons. The van der Waals surface area contributed by atoms with Gasteiger partial charge in [-0.2, -0.15) is 14.6 Å². The zero-order valence-electron chi connectivity index (χ0n) is 16.3. The molecular formula is C19H25N7OS. The van der Waals surface area contributed by atoms with Gasteiger partial charge < -0.3 is 15.0 Å². The van der Waals surface area contributed by atoms with Crippen LogP contribution in [0.25, 0.3) is 0 Å². The lowest BCUT2D eigenvalue weighted by atomic mass is 9.83. The van der Waals surface area contributed by atoms with Crippen LogP contribution in [0.4, 0.5) is 16.8 Å². The highest BCUT2D eigenvalue weighted by Gasteiger charge is 2.48. The summed E-state index contributed by atoms with van der Waals surface area (Å²) in [4.78, 5) is 13.8. The van der Waals surface area contributed by atoms with E-state index in [4.69, 9.17) is 9.72 Å². The number of hydrogen-bond acceptors (Lipinski definition) is 9. The molecule has 28 heavy (non-hydrogen) atoms. The van der Waals surface area contributed by atoms with Gasteiger partial charge in [-0.25, -0.2) is 4.98 Å². The number of piperidine rings is 1. The van der Waals surface area contributed by atoms with Gasteiger partial charge in [-0.05, 0) is 50.5 Å². The normalized spacial score (nSPS) is 19.0. The van der Waals surface area contributed by atoms with Gasteiger partial charge in [0.05, 0.1) is 37.0 Å². The molecule has 4 rings (SSSR count). The van der Waals surface area contributed by atoms with Gasteiger partial charge in [0.2, 0.25) is 5.95 Å². The number of hydrogen-bond donors (Lipinski definition) is 1. The van der Waals surface area contributed by atoms with Crippen LogP contribution >= 0.6 is 11.5 Å². The first-order chi connectivity index (χ1) is 13.6. The molecule has 2 aromatic heterocycles. The minimum absolute atomic E-state index is 0.0759. The van der Waals surface area contributed by atoms with Crippen molar-refractivity contribution in [3.05, 3.63) is 18.0 Å². The summed E-state index contributed by atoms with van der Waals surface area (Å²) >= 11 is 1.38. The van der Waals surface area contributed by atoms with Crippen LogP contribution in [0.5, 0.6) is 5.75 Å². The van der Waals surface area contributed by atoms with E-state index in [1.54, 1.807) is 13.3 Å². The van der Waals surface area contributed by atoms with Gasteiger partial charge in [0, 0.05) is 13.1 Å². The van der Waals surface area contributed by atoms with E-state index >= 15 is 0 Å². The Morgan fingerprint density at radius 3 is 2.75 bits per heavy atom. The summed E-state index contributed by atoms with van der Waals surface area (Å²) in [5, 5.41) is 13.5. The Bertz CT molecular complexity index is 865. The van der Waals surface area contributed by atoms with Crippen LogP contribution in [-0.4, -0.2) is 58.1 Å². The standard InChI is InChI=1S/C19H25N7OS/c1-14-10-16(28-24-14)22-18-21-11-15(27-2)17(23-18)25-12-19(13-25,6-7-20)26-8-4-3-5-9-26/h10-11H,3-6,8-9,12-13H2,1-2H3,(H,21,22,23). The van der Waals surface area contributed by atoms with Gasteiger partial charge in [-0.1, -0.05) is 6.42 Å². The van der Waals surface area contributed by atoms with Crippen LogP contribution < -0.4 is 15.0 Å². The molecule has 0 aromatic carbocycles. The third-order valence-electron chi connectivity index (χ3n) is 5.52. The lowest BCUT2D eigenvalue weighted by Crippen LogP contribution is -2.71. The first-order valence-electron chi connectivity index (χ1n) is 9.62. The molecule has 8 nitrogen and oxygen atoms in total. The predicted octanol–water partition coefficient (Wildman–Crippen LogP) is 2.95. The van der Waals surface area contributed by atoms with E-state index in [0.717, 1.165) is 42.7 Å². The topological polar surface area (TPSA) is 90.2 Å². The van der Waals surface area contributed by atoms with Crippen molar-refractivity contribution in [3.8, 4) is 11.8 Å². The van der Waals surface area contributed by atoms with Crippen LogP contribution in [0.3, 0.4) is 0 Å². The molecule has 0 atom stereocenters. The molecule has 0 spiro atoms. The summed E-state index contributed by atoms with van der Waals surface area (Å²) in [6, 6.07) is 4.37. The van der Waals surface area contributed by atoms with Gasteiger partial charge in [0.25, 0.3) is 0 Å². The lowest BCUT2D eigenvalue weighted by Gasteiger charge is -2.56. The Balaban J connectivity index is 1.53. The van der Waals surface area contributed by atoms with Gasteiger partial charge >= 0.3 is 0 Å². The molecule has 0 aliphatic carbocycles. The average Bonchev–Trinajstić information content (AvgIpc) is 3.09. The number of nitriles is 1. The van der Waals surface area contributed by atoms with Gasteiger partial charge in [0.15, 0.2) is 11.6 Å². The number of aromatic nitrogens is 3. The molecule has 9 heteroatoms. The maximum atomic E-state index is 9.41. The Morgan fingerprint density at radius 2 is 2.11 bits per heavy atom. The molecule has 4 heterocycles. The minimum Gasteiger partial charge on any atom is -0.491 e. The fourth-order valence-electron chi connectivity index (χ4n) is 4.08. The first-order valence-corrected chi connectivity index (χ1v) is 10.4. The van der Waals surface area contributed by atoms with Crippen LogP contribution in [0.1, 0.15) is 31.4 Å². The van der Waals surface area contributed by atoms with Crippen LogP contribution in [0.2, 0.25) is 0 Å². The Kier molecular flexibility index (Phi) is 5.33. The van der Waals surface area contributed by atoms with Crippen molar-refractivity contribution in [1.82, 2.24) is 19.2 Å². The van der Waals surface area contributed by atoms with Crippen molar-refractivity contribution in [2.45, 2.75) is 38.1 Å². The average molecular weight is 400 g/mol. The van der Waals surface area contributed by atoms with E-state index in [1.807, 2.05) is 13.0 Å². The molecule has 2 fully saturated rings. The van der Waals surface area contributed by atoms with Crippen molar-refractivity contribution in [2.24, 2.45) is 0 Å². The monoisotopic (exact) mass is 399 g/mol. The van der Waals surface area contributed by atoms with E-state index in [9.17, 15) is 5.26 Å². The van der Waals surface area contributed by atoms with E-state index < -0.39 is 0 Å². The number of nitrogens with zero attached hydrogens (tertiary/aromatic N) is 6. The van der Waals surface area contributed by atoms with E-state index in [2.05, 4.69) is 30.5 Å². The Labute approximate surface area is 169 Å². The summed E-state index contributed by atoms with van der Waals surface area (Å²) < 4.78 is 9.78. The zero-order chi connectivity index (χ0) is 19.6. The summed E-state index contributed by atoms with van der Waals surface area (Å²) in [5.74, 6) is 1.94. The van der Waals surface area contributed by atoms with Crippen LogP contribution in [0, 0.1) is 18.3 Å². The fraction of sp³-hybridized carbons (Fsp3) is 0.579. The second-order valence-corrected chi connectivity index (χ2v) is 8.31. The van der Waals surface area contributed by atoms with Crippen LogP contribution in [0.15, 0.2) is 12.3 Å². The Hall–Kier alpha value is -2.44. The smallest absolute Gasteiger partial charge is 0.230 e. The summed E-state index contributed by atoms with van der Waals surface area (Å²) in [7, 11) is 1.63. The predicted molar refractivity (Wildman–Crippen MR) is 109 cm³/mol. The quantitative estimate of drug-likeness (QED) is 0.793. The summed E-state index contributed by atoms with van der Waals surface area (Å²) in [6.45, 7) is 5.68. The second-order valence-electron chi connectivity index (χ2n) is 7.51. The third-order valence-corrected chi connectivity index (χ3v) is 6.32. The summed E-state index contributed by atoms with van der Waals surface area (Å²) in [6.07, 6.45) is 5.96. The van der Waals surface area contributed by atoms with E-state index in [0.29, 0.717) is 18.1 Å². The highest BCUT2D eigenvalue weighted by Crippen LogP contribution is 2.39. The van der Waals surface area contributed by atoms with Crippen molar-refractivity contribution < 1.29 is 4.74 Å². The number of methoxy groups -OCH3 is 1. The molecule has 0 amide bonds. The number of ether oxygens (including phenoxy) is 1. The zero-order valence-corrected chi connectivity index (χ0v) is 17.1. The Morgan fingerprint density at radius 1 is 1.32 bits per heavy atom. The number of nitrogens with one attached hydrogen (secondary N) is 1. The SMILES string of the molecule is COc1cnc(Nc2cc(C)ns2)nc1N1CC(CC#N)(N2CCCCC2)C1. The maximum absolute atomic E-state index is 9.41. The highest BCUT2D eigenvalue weighted by molar-refractivity contribution is 7.10. The van der Waals surface area contributed by atoms with Gasteiger partial charge in [0.1, 0.15) is 5.00 Å². The van der Waals surface area contributed by atoms with Crippen molar-refractivity contribution in [2.75, 3.05) is 43.5 Å². The summed E-state index contributed by atoms with van der Waals surface area (Å²) in [5.41, 5.74) is 0.889. The highest BCUT2D eigenvalue weighted by atomic mass is 32.1. The van der Waals surface area contributed by atoms with Gasteiger partial charge in [-0.3, -0.25) is 4.90 Å². The fourth-order valence-corrected chi connectivity index (χ4v) is 4.73. The van der Waals surface area contributed by atoms with E-state index in [-0.39, 0.29) is 5.54 Å². The molecule has 2 aromatic rings. The van der Waals surface area contributed by atoms with Crippen LogP contribution in [-0.2, 0) is 0 Å². The number of likely N-dealkylation sites (tertiary alicyclic amines) is 1. The van der Waals surface area contributed by atoms with Crippen molar-refractivity contribution in [3.63, 3.8) is 0 Å². The van der Waals surface area contributed by atoms with Crippen molar-refractivity contribution >= 4 is 28.3 Å². The minimum atomic E-state index is -0.0759.